The number of aryl methyl sites for hydroxylation is 1. The zero-order chi connectivity index (χ0) is 14.7. The van der Waals surface area contributed by atoms with Gasteiger partial charge in [-0.05, 0) is 30.7 Å². The standard InChI is InChI=1S/C14H11Cl2FN2O/c1-8-5-12(14(16)18-7-8)19-13(20)6-9-10(15)3-2-4-11(9)17/h2-5,7H,6H2,1H3,(H,19,20). The van der Waals surface area contributed by atoms with Gasteiger partial charge in [-0.15, -0.1) is 0 Å². The molecule has 3 nitrogen and oxygen atoms in total. The van der Waals surface area contributed by atoms with E-state index in [2.05, 4.69) is 10.3 Å². The number of halogens is 3. The number of carbonyl (C=O) groups excluding carboxylic acids is 1. The van der Waals surface area contributed by atoms with Gasteiger partial charge in [-0.2, -0.15) is 0 Å². The van der Waals surface area contributed by atoms with Crippen molar-refractivity contribution in [2.75, 3.05) is 5.32 Å². The zero-order valence-electron chi connectivity index (χ0n) is 10.6. The van der Waals surface area contributed by atoms with Crippen LogP contribution in [-0.2, 0) is 11.2 Å². The average Bonchev–Trinajstić information content (AvgIpc) is 2.38. The van der Waals surface area contributed by atoms with Crippen LogP contribution in [0.2, 0.25) is 10.2 Å². The molecule has 20 heavy (non-hydrogen) atoms. The van der Waals surface area contributed by atoms with Gasteiger partial charge in [0.2, 0.25) is 5.91 Å². The maximum Gasteiger partial charge on any atom is 0.229 e. The molecule has 2 rings (SSSR count). The summed E-state index contributed by atoms with van der Waals surface area (Å²) in [7, 11) is 0. The van der Waals surface area contributed by atoms with Crippen molar-refractivity contribution in [3.05, 3.63) is 57.6 Å². The van der Waals surface area contributed by atoms with Crippen LogP contribution < -0.4 is 5.32 Å². The maximum absolute atomic E-state index is 13.6. The summed E-state index contributed by atoms with van der Waals surface area (Å²) in [4.78, 5) is 15.9. The first-order valence-corrected chi connectivity index (χ1v) is 6.58. The van der Waals surface area contributed by atoms with Crippen molar-refractivity contribution in [2.24, 2.45) is 0 Å². The Balaban J connectivity index is 2.15. The Hall–Kier alpha value is -1.65. The molecule has 1 aromatic carbocycles. The first-order valence-electron chi connectivity index (χ1n) is 5.82. The molecule has 6 heteroatoms. The van der Waals surface area contributed by atoms with E-state index >= 15 is 0 Å². The van der Waals surface area contributed by atoms with Gasteiger partial charge in [0.05, 0.1) is 12.1 Å². The van der Waals surface area contributed by atoms with Crippen LogP contribution in [-0.4, -0.2) is 10.9 Å². The van der Waals surface area contributed by atoms with Crippen LogP contribution >= 0.6 is 23.2 Å². The summed E-state index contributed by atoms with van der Waals surface area (Å²) in [6.07, 6.45) is 1.42. The molecule has 104 valence electrons. The number of pyridine rings is 1. The van der Waals surface area contributed by atoms with E-state index in [4.69, 9.17) is 23.2 Å². The lowest BCUT2D eigenvalue weighted by atomic mass is 10.1. The van der Waals surface area contributed by atoms with E-state index in [-0.39, 0.29) is 22.2 Å². The third-order valence-electron chi connectivity index (χ3n) is 2.65. The first-order chi connectivity index (χ1) is 9.47. The number of nitrogens with one attached hydrogen (secondary N) is 1. The molecule has 2 aromatic rings. The van der Waals surface area contributed by atoms with E-state index in [1.54, 1.807) is 12.3 Å². The number of rotatable bonds is 3. The lowest BCUT2D eigenvalue weighted by Crippen LogP contribution is -2.16. The Kier molecular flexibility index (Phi) is 4.57. The second-order valence-corrected chi connectivity index (χ2v) is 5.04. The van der Waals surface area contributed by atoms with Gasteiger partial charge in [-0.1, -0.05) is 29.3 Å². The van der Waals surface area contributed by atoms with Gasteiger partial charge in [-0.3, -0.25) is 4.79 Å². The van der Waals surface area contributed by atoms with Crippen molar-refractivity contribution >= 4 is 34.8 Å². The van der Waals surface area contributed by atoms with Gasteiger partial charge in [0.1, 0.15) is 5.82 Å². The second kappa shape index (κ2) is 6.20. The number of nitrogens with zero attached hydrogens (tertiary/aromatic N) is 1. The minimum absolute atomic E-state index is 0.156. The molecule has 0 spiro atoms. The maximum atomic E-state index is 13.6. The van der Waals surface area contributed by atoms with Crippen LogP contribution in [0.15, 0.2) is 30.5 Å². The molecule has 0 bridgehead atoms. The van der Waals surface area contributed by atoms with Crippen molar-refractivity contribution in [3.63, 3.8) is 0 Å². The van der Waals surface area contributed by atoms with Crippen LogP contribution in [0, 0.1) is 12.7 Å². The number of hydrogen-bond acceptors (Lipinski definition) is 2. The first kappa shape index (κ1) is 14.8. The zero-order valence-corrected chi connectivity index (χ0v) is 12.1. The van der Waals surface area contributed by atoms with Crippen molar-refractivity contribution in [3.8, 4) is 0 Å². The monoisotopic (exact) mass is 312 g/mol. The highest BCUT2D eigenvalue weighted by Crippen LogP contribution is 2.22. The van der Waals surface area contributed by atoms with Crippen LogP contribution in [0.3, 0.4) is 0 Å². The molecule has 0 atom stereocenters. The average molecular weight is 313 g/mol. The Bertz CT molecular complexity index is 641. The summed E-state index contributed by atoms with van der Waals surface area (Å²) in [6.45, 7) is 1.83. The third kappa shape index (κ3) is 3.46. The molecular weight excluding hydrogens is 302 g/mol. The number of aromatic nitrogens is 1. The fourth-order valence-corrected chi connectivity index (χ4v) is 2.08. The lowest BCUT2D eigenvalue weighted by Gasteiger charge is -2.09. The number of hydrogen-bond donors (Lipinski definition) is 1. The summed E-state index contributed by atoms with van der Waals surface area (Å²) >= 11 is 11.8. The lowest BCUT2D eigenvalue weighted by molar-refractivity contribution is -0.115. The van der Waals surface area contributed by atoms with Crippen LogP contribution in [0.4, 0.5) is 10.1 Å². The van der Waals surface area contributed by atoms with E-state index in [1.165, 1.54) is 18.2 Å². The van der Waals surface area contributed by atoms with E-state index in [1.807, 2.05) is 6.92 Å². The quantitative estimate of drug-likeness (QED) is 0.870. The van der Waals surface area contributed by atoms with Crippen molar-refractivity contribution < 1.29 is 9.18 Å². The molecule has 0 aliphatic heterocycles. The van der Waals surface area contributed by atoms with Crippen molar-refractivity contribution in [2.45, 2.75) is 13.3 Å². The van der Waals surface area contributed by atoms with Gasteiger partial charge in [0.25, 0.3) is 0 Å². The Labute approximate surface area is 125 Å². The molecule has 0 unspecified atom stereocenters. The Morgan fingerprint density at radius 3 is 2.85 bits per heavy atom. The molecule has 0 aliphatic carbocycles. The summed E-state index contributed by atoms with van der Waals surface area (Å²) in [5, 5.41) is 3.00. The Morgan fingerprint density at radius 2 is 2.15 bits per heavy atom. The fourth-order valence-electron chi connectivity index (χ4n) is 1.70. The summed E-state index contributed by atoms with van der Waals surface area (Å²) in [6, 6.07) is 5.97. The molecule has 0 saturated carbocycles. The number of carbonyl (C=O) groups is 1. The van der Waals surface area contributed by atoms with Crippen molar-refractivity contribution in [1.29, 1.82) is 0 Å². The predicted molar refractivity (Wildman–Crippen MR) is 77.7 cm³/mol. The highest BCUT2D eigenvalue weighted by atomic mass is 35.5. The van der Waals surface area contributed by atoms with Crippen molar-refractivity contribution in [1.82, 2.24) is 4.98 Å². The Morgan fingerprint density at radius 1 is 1.40 bits per heavy atom. The molecule has 1 N–H and O–H groups in total. The van der Waals surface area contributed by atoms with Gasteiger partial charge >= 0.3 is 0 Å². The number of anilines is 1. The topological polar surface area (TPSA) is 42.0 Å². The highest BCUT2D eigenvalue weighted by Gasteiger charge is 2.13. The molecule has 1 amide bonds. The van der Waals surface area contributed by atoms with E-state index in [9.17, 15) is 9.18 Å². The summed E-state index contributed by atoms with van der Waals surface area (Å²) in [5.41, 5.74) is 1.40. The largest absolute Gasteiger partial charge is 0.323 e. The van der Waals surface area contributed by atoms with Gasteiger partial charge < -0.3 is 5.32 Å². The van der Waals surface area contributed by atoms with E-state index in [0.717, 1.165) is 5.56 Å². The SMILES string of the molecule is Cc1cnc(Cl)c(NC(=O)Cc2c(F)cccc2Cl)c1. The van der Waals surface area contributed by atoms with Gasteiger partial charge in [0.15, 0.2) is 5.15 Å². The molecular formula is C14H11Cl2FN2O. The fraction of sp³-hybridized carbons (Fsp3) is 0.143. The number of amides is 1. The molecule has 0 aliphatic rings. The number of benzene rings is 1. The minimum atomic E-state index is -0.513. The van der Waals surface area contributed by atoms with E-state index in [0.29, 0.717) is 5.69 Å². The molecule has 0 radical (unpaired) electrons. The third-order valence-corrected chi connectivity index (χ3v) is 3.30. The molecule has 1 aromatic heterocycles. The summed E-state index contributed by atoms with van der Waals surface area (Å²) < 4.78 is 13.6. The molecule has 0 saturated heterocycles. The van der Waals surface area contributed by atoms with Crippen LogP contribution in [0.5, 0.6) is 0 Å². The smallest absolute Gasteiger partial charge is 0.229 e. The predicted octanol–water partition coefficient (Wildman–Crippen LogP) is 4.02. The molecule has 0 fully saturated rings. The second-order valence-electron chi connectivity index (χ2n) is 4.28. The molecule has 1 heterocycles. The van der Waals surface area contributed by atoms with E-state index < -0.39 is 11.7 Å². The summed E-state index contributed by atoms with van der Waals surface area (Å²) in [5.74, 6) is -0.924. The van der Waals surface area contributed by atoms with Crippen LogP contribution in [0.1, 0.15) is 11.1 Å². The normalized spacial score (nSPS) is 10.4. The van der Waals surface area contributed by atoms with Gasteiger partial charge in [-0.25, -0.2) is 9.37 Å². The van der Waals surface area contributed by atoms with Crippen LogP contribution in [0.25, 0.3) is 0 Å². The minimum Gasteiger partial charge on any atom is -0.323 e. The van der Waals surface area contributed by atoms with Gasteiger partial charge in [0, 0.05) is 16.8 Å². The highest BCUT2D eigenvalue weighted by molar-refractivity contribution is 6.32.